The molecule has 0 aliphatic rings. The van der Waals surface area contributed by atoms with Gasteiger partial charge in [-0.25, -0.2) is 0 Å². The van der Waals surface area contributed by atoms with Crippen molar-refractivity contribution in [1.82, 2.24) is 0 Å². The molecule has 4 aromatic carbocycles. The van der Waals surface area contributed by atoms with Crippen molar-refractivity contribution in [1.29, 1.82) is 0 Å². The van der Waals surface area contributed by atoms with Crippen molar-refractivity contribution in [2.24, 2.45) is 0 Å². The number of hydrogen-bond acceptors (Lipinski definition) is 5. The van der Waals surface area contributed by atoms with Crippen LogP contribution in [-0.2, 0) is 13.2 Å². The number of fused-ring (bicyclic) bond motifs is 2. The second-order valence-corrected chi connectivity index (χ2v) is 7.38. The summed E-state index contributed by atoms with van der Waals surface area (Å²) in [5, 5.41) is 43.1. The van der Waals surface area contributed by atoms with Gasteiger partial charge in [0.15, 0.2) is 0 Å². The van der Waals surface area contributed by atoms with Crippen molar-refractivity contribution in [3.8, 4) is 11.5 Å². The molecule has 4 N–H and O–H groups in total. The molecule has 4 nitrogen and oxygen atoms in total. The number of rotatable bonds is 4. The first-order valence-electron chi connectivity index (χ1n) is 8.49. The first-order chi connectivity index (χ1) is 13.1. The van der Waals surface area contributed by atoms with Gasteiger partial charge >= 0.3 is 0 Å². The molecule has 0 saturated carbocycles. The van der Waals surface area contributed by atoms with E-state index in [1.165, 1.54) is 11.8 Å². The van der Waals surface area contributed by atoms with Gasteiger partial charge in [-0.3, -0.25) is 0 Å². The van der Waals surface area contributed by atoms with Crippen molar-refractivity contribution in [2.45, 2.75) is 23.0 Å². The van der Waals surface area contributed by atoms with Gasteiger partial charge in [-0.2, -0.15) is 0 Å². The van der Waals surface area contributed by atoms with Gasteiger partial charge in [-0.15, -0.1) is 0 Å². The molecule has 0 saturated heterocycles. The fourth-order valence-corrected chi connectivity index (χ4v) is 4.33. The number of benzene rings is 4. The number of aliphatic hydroxyl groups excluding tert-OH is 2. The Balaban J connectivity index is 1.89. The molecule has 0 aliphatic heterocycles. The molecule has 0 aliphatic carbocycles. The molecule has 27 heavy (non-hydrogen) atoms. The second-order valence-electron chi connectivity index (χ2n) is 6.36. The zero-order chi connectivity index (χ0) is 19.0. The molecule has 4 rings (SSSR count). The van der Waals surface area contributed by atoms with E-state index in [0.29, 0.717) is 9.79 Å². The second kappa shape index (κ2) is 7.12. The van der Waals surface area contributed by atoms with E-state index in [1.807, 2.05) is 48.5 Å². The summed E-state index contributed by atoms with van der Waals surface area (Å²) in [7, 11) is 0. The topological polar surface area (TPSA) is 80.9 Å². The van der Waals surface area contributed by atoms with Gasteiger partial charge in [-0.05, 0) is 56.9 Å². The van der Waals surface area contributed by atoms with Crippen LogP contribution < -0.4 is 0 Å². The quantitative estimate of drug-likeness (QED) is 0.419. The lowest BCUT2D eigenvalue weighted by molar-refractivity contribution is 0.282. The van der Waals surface area contributed by atoms with Crippen LogP contribution in [0, 0.1) is 0 Å². The Morgan fingerprint density at radius 3 is 1.44 bits per heavy atom. The molecule has 0 spiro atoms. The maximum atomic E-state index is 10.5. The maximum absolute atomic E-state index is 10.5. The molecular weight excluding hydrogens is 360 g/mol. The van der Waals surface area contributed by atoms with Crippen molar-refractivity contribution in [2.75, 3.05) is 0 Å². The zero-order valence-corrected chi connectivity index (χ0v) is 15.2. The van der Waals surface area contributed by atoms with Crippen molar-refractivity contribution >= 4 is 33.3 Å². The first kappa shape index (κ1) is 17.7. The number of aliphatic hydroxyl groups is 2. The summed E-state index contributed by atoms with van der Waals surface area (Å²) in [6.45, 7) is -0.0901. The van der Waals surface area contributed by atoms with E-state index in [4.69, 9.17) is 0 Å². The van der Waals surface area contributed by atoms with Gasteiger partial charge in [0.05, 0.1) is 23.0 Å². The van der Waals surface area contributed by atoms with Crippen LogP contribution in [-0.4, -0.2) is 20.4 Å². The van der Waals surface area contributed by atoms with Crippen LogP contribution in [0.15, 0.2) is 70.5 Å². The van der Waals surface area contributed by atoms with E-state index in [-0.39, 0.29) is 24.7 Å². The monoisotopic (exact) mass is 378 g/mol. The van der Waals surface area contributed by atoms with Gasteiger partial charge in [0, 0.05) is 0 Å². The summed E-state index contributed by atoms with van der Waals surface area (Å²) in [6.07, 6.45) is 0. The lowest BCUT2D eigenvalue weighted by atomic mass is 10.1. The zero-order valence-electron chi connectivity index (χ0n) is 14.4. The van der Waals surface area contributed by atoms with Crippen LogP contribution in [0.25, 0.3) is 21.5 Å². The third-order valence-corrected chi connectivity index (χ3v) is 5.86. The molecule has 0 unspecified atom stereocenters. The van der Waals surface area contributed by atoms with Crippen LogP contribution >= 0.6 is 11.8 Å². The molecule has 4 aromatic rings. The molecule has 0 fully saturated rings. The molecule has 0 radical (unpaired) electrons. The Morgan fingerprint density at radius 1 is 0.593 bits per heavy atom. The summed E-state index contributed by atoms with van der Waals surface area (Å²) in [6, 6.07) is 18.0. The lowest BCUT2D eigenvalue weighted by Gasteiger charge is -2.13. The Bertz CT molecular complexity index is 1060. The van der Waals surface area contributed by atoms with Crippen LogP contribution in [0.3, 0.4) is 0 Å². The average Bonchev–Trinajstić information content (AvgIpc) is 2.70. The molecule has 0 aromatic heterocycles. The van der Waals surface area contributed by atoms with Gasteiger partial charge in [0.2, 0.25) is 0 Å². The number of hydrogen-bond donors (Lipinski definition) is 4. The Labute approximate surface area is 160 Å². The van der Waals surface area contributed by atoms with Crippen LogP contribution in [0.1, 0.15) is 11.1 Å². The Hall–Kier alpha value is -2.73. The molecule has 0 atom stereocenters. The van der Waals surface area contributed by atoms with Crippen molar-refractivity contribution < 1.29 is 20.4 Å². The molecular formula is C22H18O4S. The van der Waals surface area contributed by atoms with E-state index in [9.17, 15) is 20.4 Å². The van der Waals surface area contributed by atoms with Gasteiger partial charge in [0.1, 0.15) is 11.5 Å². The lowest BCUT2D eigenvalue weighted by Crippen LogP contribution is -1.87. The fraction of sp³-hybridized carbons (Fsp3) is 0.0909. The van der Waals surface area contributed by atoms with Crippen molar-refractivity contribution in [3.63, 3.8) is 0 Å². The minimum absolute atomic E-state index is 0.0450. The normalized spacial score (nSPS) is 11.3. The smallest absolute Gasteiger partial charge is 0.130 e. The third-order valence-electron chi connectivity index (χ3n) is 4.60. The standard InChI is InChI=1S/C22H18O4S/c23-11-13-1-5-17-15(9-13)3-7-19(25)21(17)27-22-18-6-2-14(12-24)10-16(18)4-8-20(22)26/h1-10,23-26H,11-12H2. The molecule has 136 valence electrons. The minimum atomic E-state index is -0.0450. The Kier molecular flexibility index (Phi) is 4.66. The largest absolute Gasteiger partial charge is 0.507 e. The SMILES string of the molecule is OCc1ccc2c(Sc3c(O)ccc4cc(CO)ccc34)c(O)ccc2c1. The van der Waals surface area contributed by atoms with Crippen molar-refractivity contribution in [3.05, 3.63) is 71.8 Å². The molecule has 0 heterocycles. The molecule has 0 amide bonds. The fourth-order valence-electron chi connectivity index (χ4n) is 3.19. The summed E-state index contributed by atoms with van der Waals surface area (Å²) >= 11 is 1.30. The third kappa shape index (κ3) is 3.21. The van der Waals surface area contributed by atoms with Gasteiger partial charge < -0.3 is 20.4 Å². The maximum Gasteiger partial charge on any atom is 0.130 e. The number of aromatic hydroxyl groups is 2. The summed E-state index contributed by atoms with van der Waals surface area (Å²) in [5.41, 5.74) is 1.60. The summed E-state index contributed by atoms with van der Waals surface area (Å²) < 4.78 is 0. The van der Waals surface area contributed by atoms with Gasteiger partial charge in [0.25, 0.3) is 0 Å². The highest BCUT2D eigenvalue weighted by Gasteiger charge is 2.15. The van der Waals surface area contributed by atoms with E-state index in [2.05, 4.69) is 0 Å². The van der Waals surface area contributed by atoms with Crippen LogP contribution in [0.5, 0.6) is 11.5 Å². The Morgan fingerprint density at radius 2 is 1.04 bits per heavy atom. The first-order valence-corrected chi connectivity index (χ1v) is 9.31. The minimum Gasteiger partial charge on any atom is -0.507 e. The molecule has 5 heteroatoms. The highest BCUT2D eigenvalue weighted by Crippen LogP contribution is 2.46. The number of phenolic OH excluding ortho intramolecular Hbond substituents is 2. The molecule has 0 bridgehead atoms. The highest BCUT2D eigenvalue weighted by molar-refractivity contribution is 8.00. The predicted octanol–water partition coefficient (Wildman–Crippen LogP) is 4.54. The summed E-state index contributed by atoms with van der Waals surface area (Å²) in [5.74, 6) is 0.264. The summed E-state index contributed by atoms with van der Waals surface area (Å²) in [4.78, 5) is 1.29. The van der Waals surface area contributed by atoms with Crippen LogP contribution in [0.2, 0.25) is 0 Å². The van der Waals surface area contributed by atoms with Crippen LogP contribution in [0.4, 0.5) is 0 Å². The van der Waals surface area contributed by atoms with E-state index in [0.717, 1.165) is 32.7 Å². The van der Waals surface area contributed by atoms with E-state index in [1.54, 1.807) is 12.1 Å². The predicted molar refractivity (Wildman–Crippen MR) is 107 cm³/mol. The number of phenols is 2. The average molecular weight is 378 g/mol. The van der Waals surface area contributed by atoms with Gasteiger partial charge in [-0.1, -0.05) is 48.2 Å². The van der Waals surface area contributed by atoms with E-state index < -0.39 is 0 Å². The highest BCUT2D eigenvalue weighted by atomic mass is 32.2. The van der Waals surface area contributed by atoms with E-state index >= 15 is 0 Å².